The molecule has 158 valence electrons. The molecule has 1 saturated heterocycles. The molecule has 1 aliphatic heterocycles. The maximum absolute atomic E-state index is 13.0. The van der Waals surface area contributed by atoms with Crippen molar-refractivity contribution in [1.82, 2.24) is 14.5 Å². The fourth-order valence-corrected chi connectivity index (χ4v) is 5.21. The SMILES string of the molecule is CCCC(=O)NCCc1ccc(S(=O)(=O)N2CCN([C@H]3CC=CCC3)C2=N)cc1. The highest BCUT2D eigenvalue weighted by Crippen LogP contribution is 2.26. The molecule has 8 heteroatoms. The highest BCUT2D eigenvalue weighted by molar-refractivity contribution is 7.89. The number of carbonyl (C=O) groups excluding carboxylic acids is 1. The maximum atomic E-state index is 13.0. The van der Waals surface area contributed by atoms with Crippen molar-refractivity contribution in [1.29, 1.82) is 5.41 Å². The largest absolute Gasteiger partial charge is 0.356 e. The van der Waals surface area contributed by atoms with Gasteiger partial charge in [0.25, 0.3) is 10.0 Å². The lowest BCUT2D eigenvalue weighted by Crippen LogP contribution is -2.42. The Hall–Kier alpha value is -2.35. The lowest BCUT2D eigenvalue weighted by atomic mass is 10.0. The van der Waals surface area contributed by atoms with Crippen LogP contribution in [-0.2, 0) is 21.2 Å². The smallest absolute Gasteiger partial charge is 0.266 e. The van der Waals surface area contributed by atoms with E-state index in [1.54, 1.807) is 24.3 Å². The van der Waals surface area contributed by atoms with Crippen LogP contribution in [-0.4, -0.2) is 55.2 Å². The molecular formula is C21H30N4O3S. The van der Waals surface area contributed by atoms with Crippen LogP contribution in [0, 0.1) is 5.41 Å². The average Bonchev–Trinajstić information content (AvgIpc) is 3.11. The van der Waals surface area contributed by atoms with Crippen molar-refractivity contribution in [3.05, 3.63) is 42.0 Å². The number of rotatable bonds is 8. The second-order valence-corrected chi connectivity index (χ2v) is 9.39. The zero-order valence-electron chi connectivity index (χ0n) is 16.9. The summed E-state index contributed by atoms with van der Waals surface area (Å²) in [5, 5.41) is 11.3. The first kappa shape index (κ1) is 21.4. The van der Waals surface area contributed by atoms with Crippen LogP contribution in [0.5, 0.6) is 0 Å². The zero-order chi connectivity index (χ0) is 20.9. The standard InChI is InChI=1S/C21H30N4O3S/c1-2-6-20(26)23-14-13-17-9-11-19(12-10-17)29(27,28)25-16-15-24(21(25)22)18-7-4-3-5-8-18/h3-4,9-12,18,22H,2,5-8,13-16H2,1H3,(H,23,26)/t18-/m0/s1. The summed E-state index contributed by atoms with van der Waals surface area (Å²) in [5.41, 5.74) is 0.966. The van der Waals surface area contributed by atoms with Gasteiger partial charge in [-0.25, -0.2) is 12.7 Å². The molecule has 1 amide bonds. The molecule has 1 aliphatic carbocycles. The van der Waals surface area contributed by atoms with Crippen molar-refractivity contribution < 1.29 is 13.2 Å². The topological polar surface area (TPSA) is 93.6 Å². The predicted molar refractivity (Wildman–Crippen MR) is 113 cm³/mol. The third-order valence-electron chi connectivity index (χ3n) is 5.46. The van der Waals surface area contributed by atoms with Gasteiger partial charge in [0.1, 0.15) is 0 Å². The monoisotopic (exact) mass is 418 g/mol. The normalized spacial score (nSPS) is 19.6. The van der Waals surface area contributed by atoms with Crippen molar-refractivity contribution in [3.63, 3.8) is 0 Å². The van der Waals surface area contributed by atoms with Gasteiger partial charge in [-0.2, -0.15) is 0 Å². The Morgan fingerprint density at radius 2 is 1.97 bits per heavy atom. The number of nitrogens with zero attached hydrogens (tertiary/aromatic N) is 2. The molecule has 1 fully saturated rings. The summed E-state index contributed by atoms with van der Waals surface area (Å²) >= 11 is 0. The Bertz CT molecular complexity index is 864. The van der Waals surface area contributed by atoms with Crippen molar-refractivity contribution in [2.45, 2.75) is 56.4 Å². The number of sulfonamides is 1. The summed E-state index contributed by atoms with van der Waals surface area (Å²) in [6.07, 6.45) is 9.03. The van der Waals surface area contributed by atoms with Gasteiger partial charge in [0.05, 0.1) is 11.4 Å². The van der Waals surface area contributed by atoms with Crippen molar-refractivity contribution in [3.8, 4) is 0 Å². The zero-order valence-corrected chi connectivity index (χ0v) is 17.7. The van der Waals surface area contributed by atoms with Crippen molar-refractivity contribution >= 4 is 21.9 Å². The van der Waals surface area contributed by atoms with E-state index < -0.39 is 10.0 Å². The van der Waals surface area contributed by atoms with Crippen LogP contribution in [0.4, 0.5) is 0 Å². The summed E-state index contributed by atoms with van der Waals surface area (Å²) in [4.78, 5) is 13.6. The van der Waals surface area contributed by atoms with E-state index in [-0.39, 0.29) is 22.8 Å². The van der Waals surface area contributed by atoms with Gasteiger partial charge in [-0.05, 0) is 49.8 Å². The molecule has 1 aromatic carbocycles. The van der Waals surface area contributed by atoms with E-state index in [2.05, 4.69) is 17.5 Å². The van der Waals surface area contributed by atoms with Gasteiger partial charge < -0.3 is 10.2 Å². The number of hydrogen-bond donors (Lipinski definition) is 2. The predicted octanol–water partition coefficient (Wildman–Crippen LogP) is 2.50. The first-order chi connectivity index (χ1) is 13.9. The fourth-order valence-electron chi connectivity index (χ4n) is 3.82. The van der Waals surface area contributed by atoms with Crippen LogP contribution in [0.25, 0.3) is 0 Å². The first-order valence-corrected chi connectivity index (χ1v) is 11.8. The van der Waals surface area contributed by atoms with E-state index in [9.17, 15) is 13.2 Å². The number of benzene rings is 1. The quantitative estimate of drug-likeness (QED) is 0.634. The molecule has 29 heavy (non-hydrogen) atoms. The van der Waals surface area contributed by atoms with Crippen LogP contribution in [0.15, 0.2) is 41.3 Å². The van der Waals surface area contributed by atoms with Crippen LogP contribution in [0.2, 0.25) is 0 Å². The summed E-state index contributed by atoms with van der Waals surface area (Å²) < 4.78 is 27.3. The van der Waals surface area contributed by atoms with Crippen LogP contribution in [0.3, 0.4) is 0 Å². The number of carbonyl (C=O) groups is 1. The highest BCUT2D eigenvalue weighted by atomic mass is 32.2. The van der Waals surface area contributed by atoms with Gasteiger partial charge in [0.15, 0.2) is 0 Å². The molecule has 1 atom stereocenters. The minimum Gasteiger partial charge on any atom is -0.356 e. The highest BCUT2D eigenvalue weighted by Gasteiger charge is 2.37. The number of hydrogen-bond acceptors (Lipinski definition) is 4. The Morgan fingerprint density at radius 3 is 2.62 bits per heavy atom. The van der Waals surface area contributed by atoms with E-state index in [0.717, 1.165) is 31.2 Å². The Morgan fingerprint density at radius 1 is 1.21 bits per heavy atom. The van der Waals surface area contributed by atoms with E-state index in [1.807, 2.05) is 11.8 Å². The summed E-state index contributed by atoms with van der Waals surface area (Å²) in [5.74, 6) is 0.116. The average molecular weight is 419 g/mol. The minimum absolute atomic E-state index is 0.0391. The van der Waals surface area contributed by atoms with Gasteiger partial charge in [-0.15, -0.1) is 0 Å². The van der Waals surface area contributed by atoms with E-state index in [0.29, 0.717) is 32.5 Å². The van der Waals surface area contributed by atoms with Gasteiger partial charge in [-0.1, -0.05) is 31.2 Å². The Balaban J connectivity index is 1.61. The van der Waals surface area contributed by atoms with Gasteiger partial charge in [0.2, 0.25) is 11.9 Å². The molecule has 3 rings (SSSR count). The molecule has 1 heterocycles. The molecule has 0 unspecified atom stereocenters. The third-order valence-corrected chi connectivity index (χ3v) is 7.26. The van der Waals surface area contributed by atoms with E-state index in [4.69, 9.17) is 5.41 Å². The van der Waals surface area contributed by atoms with Crippen molar-refractivity contribution in [2.24, 2.45) is 0 Å². The molecule has 2 N–H and O–H groups in total. The summed E-state index contributed by atoms with van der Waals surface area (Å²) in [6.45, 7) is 3.37. The fraction of sp³-hybridized carbons (Fsp3) is 0.524. The second kappa shape index (κ2) is 9.43. The van der Waals surface area contributed by atoms with Gasteiger partial charge in [0, 0.05) is 25.6 Å². The maximum Gasteiger partial charge on any atom is 0.266 e. The lowest BCUT2D eigenvalue weighted by Gasteiger charge is -2.30. The molecule has 0 aromatic heterocycles. The molecule has 2 aliphatic rings. The molecule has 0 spiro atoms. The lowest BCUT2D eigenvalue weighted by molar-refractivity contribution is -0.121. The van der Waals surface area contributed by atoms with Crippen LogP contribution in [0.1, 0.15) is 44.6 Å². The minimum atomic E-state index is -3.74. The van der Waals surface area contributed by atoms with E-state index in [1.165, 1.54) is 4.31 Å². The number of nitrogens with one attached hydrogen (secondary N) is 2. The Labute approximate surface area is 173 Å². The van der Waals surface area contributed by atoms with Crippen molar-refractivity contribution in [2.75, 3.05) is 19.6 Å². The molecule has 0 saturated carbocycles. The molecule has 0 radical (unpaired) electrons. The molecule has 0 bridgehead atoms. The Kier molecular flexibility index (Phi) is 6.95. The van der Waals surface area contributed by atoms with Crippen LogP contribution >= 0.6 is 0 Å². The molecule has 1 aromatic rings. The molecule has 7 nitrogen and oxygen atoms in total. The molecular weight excluding hydrogens is 388 g/mol. The second-order valence-electron chi connectivity index (χ2n) is 7.53. The van der Waals surface area contributed by atoms with E-state index >= 15 is 0 Å². The number of guanidine groups is 1. The summed E-state index contributed by atoms with van der Waals surface area (Å²) in [6, 6.07) is 6.96. The number of allylic oxidation sites excluding steroid dienone is 1. The first-order valence-electron chi connectivity index (χ1n) is 10.3. The third kappa shape index (κ3) is 4.98. The summed E-state index contributed by atoms with van der Waals surface area (Å²) in [7, 11) is -3.74. The number of amides is 1. The van der Waals surface area contributed by atoms with Gasteiger partial charge >= 0.3 is 0 Å². The van der Waals surface area contributed by atoms with Crippen LogP contribution < -0.4 is 5.32 Å². The van der Waals surface area contributed by atoms with Gasteiger partial charge in [-0.3, -0.25) is 10.2 Å².